The number of rotatable bonds is 4. The van der Waals surface area contributed by atoms with Crippen molar-refractivity contribution in [3.63, 3.8) is 0 Å². The lowest BCUT2D eigenvalue weighted by molar-refractivity contribution is 0.660. The quantitative estimate of drug-likeness (QED) is 0.186. The second kappa shape index (κ2) is 11.1. The number of hydrogen-bond acceptors (Lipinski definition) is 4. The molecule has 0 N–H and O–H groups in total. The summed E-state index contributed by atoms with van der Waals surface area (Å²) in [4.78, 5) is 15.6. The molecule has 10 aromatic rings. The molecule has 53 heavy (non-hydrogen) atoms. The molecule has 0 amide bonds. The second-order valence-electron chi connectivity index (χ2n) is 14.4. The molecule has 7 aromatic carbocycles. The Bertz CT molecular complexity index is 3100. The van der Waals surface area contributed by atoms with Crippen molar-refractivity contribution in [2.24, 2.45) is 0 Å². The lowest BCUT2D eigenvalue weighted by Gasteiger charge is -2.21. The van der Waals surface area contributed by atoms with Gasteiger partial charge in [-0.15, -0.1) is 0 Å². The maximum Gasteiger partial charge on any atom is 0.238 e. The Kier molecular flexibility index (Phi) is 6.23. The highest BCUT2D eigenvalue weighted by Gasteiger charge is 2.36. The summed E-state index contributed by atoms with van der Waals surface area (Å²) in [5, 5.41) is 4.31. The van der Waals surface area contributed by atoms with Gasteiger partial charge in [0.25, 0.3) is 0 Å². The zero-order valence-corrected chi connectivity index (χ0v) is 29.2. The van der Waals surface area contributed by atoms with Gasteiger partial charge in [0.2, 0.25) is 5.95 Å². The van der Waals surface area contributed by atoms with Crippen molar-refractivity contribution < 1.29 is 4.42 Å². The van der Waals surface area contributed by atoms with Crippen molar-refractivity contribution in [2.45, 2.75) is 19.3 Å². The Hall–Kier alpha value is -6.85. The molecule has 250 valence electrons. The van der Waals surface area contributed by atoms with Crippen molar-refractivity contribution in [2.75, 3.05) is 0 Å². The van der Waals surface area contributed by atoms with Crippen molar-refractivity contribution in [3.05, 3.63) is 169 Å². The van der Waals surface area contributed by atoms with E-state index in [9.17, 15) is 0 Å². The largest absolute Gasteiger partial charge is 0.456 e. The van der Waals surface area contributed by atoms with Crippen LogP contribution in [0.1, 0.15) is 25.0 Å². The van der Waals surface area contributed by atoms with E-state index in [1.807, 2.05) is 60.7 Å². The van der Waals surface area contributed by atoms with E-state index in [0.29, 0.717) is 17.6 Å². The first-order valence-electron chi connectivity index (χ1n) is 18.0. The predicted molar refractivity (Wildman–Crippen MR) is 215 cm³/mol. The monoisotopic (exact) mass is 680 g/mol. The molecular formula is C48H32N4O. The average Bonchev–Trinajstić information content (AvgIpc) is 3.83. The van der Waals surface area contributed by atoms with E-state index in [2.05, 4.69) is 115 Å². The molecule has 0 saturated carbocycles. The van der Waals surface area contributed by atoms with Gasteiger partial charge in [0, 0.05) is 38.1 Å². The molecule has 1 aliphatic rings. The van der Waals surface area contributed by atoms with Gasteiger partial charge in [-0.3, -0.25) is 4.57 Å². The molecule has 3 aromatic heterocycles. The summed E-state index contributed by atoms with van der Waals surface area (Å²) in [5.41, 5.74) is 13.3. The summed E-state index contributed by atoms with van der Waals surface area (Å²) in [6.45, 7) is 4.67. The molecule has 5 heteroatoms. The van der Waals surface area contributed by atoms with Crippen molar-refractivity contribution in [1.29, 1.82) is 0 Å². The van der Waals surface area contributed by atoms with Gasteiger partial charge in [-0.2, -0.15) is 9.97 Å². The highest BCUT2D eigenvalue weighted by molar-refractivity contribution is 6.12. The summed E-state index contributed by atoms with van der Waals surface area (Å²) in [7, 11) is 0. The van der Waals surface area contributed by atoms with E-state index in [-0.39, 0.29) is 5.41 Å². The molecule has 3 heterocycles. The fourth-order valence-electron chi connectivity index (χ4n) is 8.61. The van der Waals surface area contributed by atoms with Crippen LogP contribution in [0.5, 0.6) is 0 Å². The van der Waals surface area contributed by atoms with E-state index in [1.54, 1.807) is 0 Å². The molecule has 0 aliphatic heterocycles. The van der Waals surface area contributed by atoms with E-state index < -0.39 is 0 Å². The average molecular weight is 681 g/mol. The lowest BCUT2D eigenvalue weighted by atomic mass is 9.82. The minimum atomic E-state index is -0.0675. The minimum absolute atomic E-state index is 0.0675. The van der Waals surface area contributed by atoms with Gasteiger partial charge in [0.05, 0.1) is 11.0 Å². The van der Waals surface area contributed by atoms with Crippen LogP contribution in [0.3, 0.4) is 0 Å². The zero-order chi connectivity index (χ0) is 35.3. The van der Waals surface area contributed by atoms with Crippen LogP contribution in [0.4, 0.5) is 0 Å². The smallest absolute Gasteiger partial charge is 0.238 e. The van der Waals surface area contributed by atoms with Gasteiger partial charge in [0.15, 0.2) is 11.6 Å². The molecule has 0 atom stereocenters. The number of fused-ring (bicyclic) bond motifs is 9. The third-order valence-corrected chi connectivity index (χ3v) is 11.1. The molecule has 0 saturated heterocycles. The summed E-state index contributed by atoms with van der Waals surface area (Å²) in [5.74, 6) is 1.77. The molecule has 5 nitrogen and oxygen atoms in total. The fraction of sp³-hybridized carbons (Fsp3) is 0.0625. The van der Waals surface area contributed by atoms with Crippen LogP contribution in [-0.2, 0) is 5.41 Å². The van der Waals surface area contributed by atoms with Crippen LogP contribution in [-0.4, -0.2) is 19.5 Å². The Morgan fingerprint density at radius 3 is 2.04 bits per heavy atom. The van der Waals surface area contributed by atoms with Gasteiger partial charge < -0.3 is 4.42 Å². The maximum absolute atomic E-state index is 6.28. The molecule has 0 radical (unpaired) electrons. The number of para-hydroxylation sites is 2. The van der Waals surface area contributed by atoms with Gasteiger partial charge in [0.1, 0.15) is 11.2 Å². The molecule has 0 unspecified atom stereocenters. The van der Waals surface area contributed by atoms with Gasteiger partial charge >= 0.3 is 0 Å². The van der Waals surface area contributed by atoms with Crippen molar-refractivity contribution >= 4 is 43.7 Å². The molecule has 0 fully saturated rings. The standard InChI is InChI=1S/C48H32N4O/c1-48(2)37-21-9-6-17-33(37)43-31(19-12-22-38(43)48)30-26-27-40-36(28-30)32-16-7-10-23-39(32)52(40)47-50-45(29-14-4-3-5-15-29)49-46(51-47)35-20-13-25-42-44(35)34-18-8-11-24-41(34)53-42/h3-28H,1-2H3. The third kappa shape index (κ3) is 4.34. The highest BCUT2D eigenvalue weighted by atomic mass is 16.3. The molecular weight excluding hydrogens is 649 g/mol. The fourth-order valence-corrected chi connectivity index (χ4v) is 8.61. The highest BCUT2D eigenvalue weighted by Crippen LogP contribution is 2.52. The SMILES string of the molecule is CC1(C)c2ccccc2-c2c(-c3ccc4c(c3)c3ccccc3n4-c3nc(-c4ccccc4)nc(-c4cccc5oc6ccccc6c45)n3)cccc21. The van der Waals surface area contributed by atoms with E-state index >= 15 is 0 Å². The normalized spacial score (nSPS) is 13.2. The lowest BCUT2D eigenvalue weighted by Crippen LogP contribution is -2.14. The van der Waals surface area contributed by atoms with E-state index in [0.717, 1.165) is 54.9 Å². The minimum Gasteiger partial charge on any atom is -0.456 e. The van der Waals surface area contributed by atoms with E-state index in [4.69, 9.17) is 19.4 Å². The first-order valence-corrected chi connectivity index (χ1v) is 18.0. The Morgan fingerprint density at radius 2 is 1.13 bits per heavy atom. The number of aromatic nitrogens is 4. The van der Waals surface area contributed by atoms with Crippen molar-refractivity contribution in [1.82, 2.24) is 19.5 Å². The number of hydrogen-bond donors (Lipinski definition) is 0. The zero-order valence-electron chi connectivity index (χ0n) is 29.2. The summed E-state index contributed by atoms with van der Waals surface area (Å²) >= 11 is 0. The van der Waals surface area contributed by atoms with Crippen LogP contribution >= 0.6 is 0 Å². The summed E-state index contributed by atoms with van der Waals surface area (Å²) < 4.78 is 8.47. The Labute approximate surface area is 305 Å². The molecule has 11 rings (SSSR count). The van der Waals surface area contributed by atoms with Crippen LogP contribution in [0, 0.1) is 0 Å². The predicted octanol–water partition coefficient (Wildman–Crippen LogP) is 12.2. The van der Waals surface area contributed by atoms with Gasteiger partial charge in [-0.25, -0.2) is 4.98 Å². The molecule has 0 spiro atoms. The van der Waals surface area contributed by atoms with Crippen LogP contribution < -0.4 is 0 Å². The number of benzene rings is 7. The Morgan fingerprint density at radius 1 is 0.472 bits per heavy atom. The van der Waals surface area contributed by atoms with Gasteiger partial charge in [-0.05, 0) is 63.7 Å². The number of nitrogens with zero attached hydrogens (tertiary/aromatic N) is 4. The number of furan rings is 1. The first-order chi connectivity index (χ1) is 26.0. The summed E-state index contributed by atoms with van der Waals surface area (Å²) in [6.07, 6.45) is 0. The van der Waals surface area contributed by atoms with Crippen LogP contribution in [0.25, 0.3) is 94.7 Å². The molecule has 0 bridgehead atoms. The third-order valence-electron chi connectivity index (χ3n) is 11.1. The van der Waals surface area contributed by atoms with Crippen molar-refractivity contribution in [3.8, 4) is 51.0 Å². The maximum atomic E-state index is 6.28. The van der Waals surface area contributed by atoms with Gasteiger partial charge in [-0.1, -0.05) is 141 Å². The Balaban J connectivity index is 1.16. The van der Waals surface area contributed by atoms with Crippen LogP contribution in [0.2, 0.25) is 0 Å². The molecule has 1 aliphatic carbocycles. The second-order valence-corrected chi connectivity index (χ2v) is 14.4. The summed E-state index contributed by atoms with van der Waals surface area (Å²) in [6, 6.07) is 55.4. The topological polar surface area (TPSA) is 56.7 Å². The first kappa shape index (κ1) is 29.8. The van der Waals surface area contributed by atoms with Crippen LogP contribution in [0.15, 0.2) is 162 Å². The van der Waals surface area contributed by atoms with E-state index in [1.165, 1.54) is 33.4 Å².